The molecule has 20 heavy (non-hydrogen) atoms. The van der Waals surface area contributed by atoms with Gasteiger partial charge in [-0.25, -0.2) is 17.2 Å². The summed E-state index contributed by atoms with van der Waals surface area (Å²) >= 11 is 4.62. The first-order valence-electron chi connectivity index (χ1n) is 6.05. The van der Waals surface area contributed by atoms with Crippen molar-refractivity contribution in [1.82, 2.24) is 0 Å². The Balaban J connectivity index is 2.22. The number of nitrogens with one attached hydrogen (secondary N) is 1. The lowest BCUT2D eigenvalue weighted by Gasteiger charge is -2.24. The zero-order chi connectivity index (χ0) is 14.9. The van der Waals surface area contributed by atoms with Crippen LogP contribution in [-0.4, -0.2) is 31.0 Å². The molecular weight excluding hydrogens is 306 g/mol. The molecule has 1 aliphatic heterocycles. The van der Waals surface area contributed by atoms with Crippen LogP contribution in [0.25, 0.3) is 0 Å². The first kappa shape index (κ1) is 15.1. The van der Waals surface area contributed by atoms with Crippen LogP contribution in [-0.2, 0) is 9.84 Å². The van der Waals surface area contributed by atoms with Crippen LogP contribution in [0.3, 0.4) is 0 Å². The molecule has 1 heterocycles. The van der Waals surface area contributed by atoms with Crippen molar-refractivity contribution >= 4 is 32.7 Å². The number of rotatable bonds is 3. The van der Waals surface area contributed by atoms with Gasteiger partial charge in [-0.1, -0.05) is 12.2 Å². The third-order valence-electron chi connectivity index (χ3n) is 3.17. The average Bonchev–Trinajstić information content (AvgIpc) is 2.33. The molecule has 1 fully saturated rings. The maximum atomic E-state index is 13.9. The standard InChI is InChI=1S/C12H14F2N2O2S2/c13-10-8(12(15)19)3-4-9(11(10)14)16-7-2-1-5-20(17,18)6-7/h3-4,7,16H,1-2,5-6H2,(H2,15,19). The summed E-state index contributed by atoms with van der Waals surface area (Å²) in [5.74, 6) is -2.16. The van der Waals surface area contributed by atoms with Gasteiger partial charge < -0.3 is 11.1 Å². The Bertz CT molecular complexity index is 647. The SMILES string of the molecule is NC(=S)c1ccc(NC2CCCS(=O)(=O)C2)c(F)c1F. The molecule has 4 nitrogen and oxygen atoms in total. The van der Waals surface area contributed by atoms with Gasteiger partial charge in [-0.15, -0.1) is 0 Å². The van der Waals surface area contributed by atoms with Crippen LogP contribution >= 0.6 is 12.2 Å². The van der Waals surface area contributed by atoms with E-state index in [2.05, 4.69) is 17.5 Å². The second-order valence-electron chi connectivity index (χ2n) is 4.75. The Morgan fingerprint density at radius 1 is 1.35 bits per heavy atom. The summed E-state index contributed by atoms with van der Waals surface area (Å²) in [7, 11) is -3.12. The van der Waals surface area contributed by atoms with E-state index in [0.717, 1.165) is 0 Å². The Labute approximate surface area is 121 Å². The normalized spacial score (nSPS) is 21.4. The quantitative estimate of drug-likeness (QED) is 0.828. The van der Waals surface area contributed by atoms with E-state index in [1.807, 2.05) is 0 Å². The molecule has 0 amide bonds. The summed E-state index contributed by atoms with van der Waals surface area (Å²) in [6, 6.07) is 2.17. The molecule has 0 aliphatic carbocycles. The van der Waals surface area contributed by atoms with E-state index >= 15 is 0 Å². The largest absolute Gasteiger partial charge is 0.389 e. The second kappa shape index (κ2) is 5.61. The van der Waals surface area contributed by atoms with Crippen LogP contribution in [0.2, 0.25) is 0 Å². The molecule has 1 aromatic carbocycles. The molecule has 1 unspecified atom stereocenters. The Hall–Kier alpha value is -1.28. The van der Waals surface area contributed by atoms with Gasteiger partial charge >= 0.3 is 0 Å². The van der Waals surface area contributed by atoms with E-state index in [1.165, 1.54) is 12.1 Å². The third kappa shape index (κ3) is 3.24. The van der Waals surface area contributed by atoms with Gasteiger partial charge in [0, 0.05) is 11.6 Å². The number of thiocarbonyl (C=S) groups is 1. The van der Waals surface area contributed by atoms with Crippen molar-refractivity contribution < 1.29 is 17.2 Å². The number of sulfone groups is 1. The number of anilines is 1. The topological polar surface area (TPSA) is 72.2 Å². The fraction of sp³-hybridized carbons (Fsp3) is 0.417. The second-order valence-corrected chi connectivity index (χ2v) is 7.42. The molecule has 0 bridgehead atoms. The van der Waals surface area contributed by atoms with Crippen molar-refractivity contribution in [3.63, 3.8) is 0 Å². The number of hydrogen-bond donors (Lipinski definition) is 2. The Morgan fingerprint density at radius 2 is 2.05 bits per heavy atom. The summed E-state index contributed by atoms with van der Waals surface area (Å²) in [5, 5.41) is 2.73. The maximum Gasteiger partial charge on any atom is 0.182 e. The lowest BCUT2D eigenvalue weighted by atomic mass is 10.1. The highest BCUT2D eigenvalue weighted by Crippen LogP contribution is 2.23. The van der Waals surface area contributed by atoms with E-state index in [-0.39, 0.29) is 27.7 Å². The van der Waals surface area contributed by atoms with E-state index in [4.69, 9.17) is 5.73 Å². The zero-order valence-corrected chi connectivity index (χ0v) is 12.2. The highest BCUT2D eigenvalue weighted by atomic mass is 32.2. The molecule has 0 radical (unpaired) electrons. The van der Waals surface area contributed by atoms with Crippen LogP contribution in [0.1, 0.15) is 18.4 Å². The first-order chi connectivity index (χ1) is 9.30. The lowest BCUT2D eigenvalue weighted by Crippen LogP contribution is -2.35. The highest BCUT2D eigenvalue weighted by molar-refractivity contribution is 7.91. The minimum atomic E-state index is -3.12. The van der Waals surface area contributed by atoms with Crippen LogP contribution in [0.15, 0.2) is 12.1 Å². The van der Waals surface area contributed by atoms with E-state index < -0.39 is 27.5 Å². The Kier molecular flexibility index (Phi) is 4.24. The monoisotopic (exact) mass is 320 g/mol. The zero-order valence-electron chi connectivity index (χ0n) is 10.5. The predicted octanol–water partition coefficient (Wildman–Crippen LogP) is 1.59. The van der Waals surface area contributed by atoms with Gasteiger partial charge in [0.25, 0.3) is 0 Å². The van der Waals surface area contributed by atoms with Crippen molar-refractivity contribution in [3.05, 3.63) is 29.3 Å². The summed E-state index contributed by atoms with van der Waals surface area (Å²) in [5.41, 5.74) is 5.03. The minimum Gasteiger partial charge on any atom is -0.389 e. The molecular formula is C12H14F2N2O2S2. The molecule has 0 spiro atoms. The van der Waals surface area contributed by atoms with Crippen LogP contribution in [0.4, 0.5) is 14.5 Å². The minimum absolute atomic E-state index is 0.0783. The fourth-order valence-corrected chi connectivity index (χ4v) is 4.00. The number of benzene rings is 1. The molecule has 1 aliphatic rings. The van der Waals surface area contributed by atoms with Gasteiger partial charge in [0.1, 0.15) is 4.99 Å². The molecule has 8 heteroatoms. The molecule has 3 N–H and O–H groups in total. The van der Waals surface area contributed by atoms with Crippen molar-refractivity contribution in [2.45, 2.75) is 18.9 Å². The van der Waals surface area contributed by atoms with Crippen molar-refractivity contribution in [2.24, 2.45) is 5.73 Å². The van der Waals surface area contributed by atoms with Crippen LogP contribution < -0.4 is 11.1 Å². The van der Waals surface area contributed by atoms with Gasteiger partial charge in [0.2, 0.25) is 0 Å². The summed E-state index contributed by atoms with van der Waals surface area (Å²) < 4.78 is 50.6. The number of hydrogen-bond acceptors (Lipinski definition) is 4. The Morgan fingerprint density at radius 3 is 2.65 bits per heavy atom. The maximum absolute atomic E-state index is 13.9. The van der Waals surface area contributed by atoms with Crippen LogP contribution in [0, 0.1) is 11.6 Å². The highest BCUT2D eigenvalue weighted by Gasteiger charge is 2.26. The van der Waals surface area contributed by atoms with Gasteiger partial charge in [-0.2, -0.15) is 0 Å². The molecule has 110 valence electrons. The fourth-order valence-electron chi connectivity index (χ4n) is 2.21. The summed E-state index contributed by atoms with van der Waals surface area (Å²) in [6.07, 6.45) is 1.10. The molecule has 1 aromatic rings. The van der Waals surface area contributed by atoms with Gasteiger partial charge in [-0.05, 0) is 25.0 Å². The summed E-state index contributed by atoms with van der Waals surface area (Å²) in [4.78, 5) is -0.229. The van der Waals surface area contributed by atoms with Gasteiger partial charge in [0.15, 0.2) is 21.5 Å². The van der Waals surface area contributed by atoms with Crippen molar-refractivity contribution in [3.8, 4) is 0 Å². The van der Waals surface area contributed by atoms with Crippen molar-refractivity contribution in [1.29, 1.82) is 0 Å². The molecule has 0 saturated carbocycles. The summed E-state index contributed by atoms with van der Waals surface area (Å²) in [6.45, 7) is 0. The lowest BCUT2D eigenvalue weighted by molar-refractivity contribution is 0.506. The van der Waals surface area contributed by atoms with Crippen molar-refractivity contribution in [2.75, 3.05) is 16.8 Å². The smallest absolute Gasteiger partial charge is 0.182 e. The first-order valence-corrected chi connectivity index (χ1v) is 8.28. The van der Waals surface area contributed by atoms with E-state index in [1.54, 1.807) is 0 Å². The number of halogens is 2. The molecule has 0 aromatic heterocycles. The predicted molar refractivity (Wildman–Crippen MR) is 77.5 cm³/mol. The number of nitrogens with two attached hydrogens (primary N) is 1. The average molecular weight is 320 g/mol. The molecule has 2 rings (SSSR count). The van der Waals surface area contributed by atoms with Gasteiger partial charge in [0.05, 0.1) is 17.2 Å². The van der Waals surface area contributed by atoms with Gasteiger partial charge in [-0.3, -0.25) is 0 Å². The van der Waals surface area contributed by atoms with E-state index in [0.29, 0.717) is 12.8 Å². The van der Waals surface area contributed by atoms with Crippen LogP contribution in [0.5, 0.6) is 0 Å². The molecule has 1 saturated heterocycles. The van der Waals surface area contributed by atoms with E-state index in [9.17, 15) is 17.2 Å². The third-order valence-corrected chi connectivity index (χ3v) is 5.21. The molecule has 1 atom stereocenters.